The number of carbonyl (C=O) groups is 1. The molecule has 144 valence electrons. The molecule has 2 heterocycles. The molecule has 0 radical (unpaired) electrons. The molecule has 1 aromatic rings. The Morgan fingerprint density at radius 3 is 2.58 bits per heavy atom. The maximum Gasteiger partial charge on any atom is 0.246 e. The van der Waals surface area contributed by atoms with E-state index in [1.54, 1.807) is 0 Å². The van der Waals surface area contributed by atoms with E-state index in [9.17, 15) is 22.0 Å². The van der Waals surface area contributed by atoms with E-state index >= 15 is 0 Å². The van der Waals surface area contributed by atoms with Crippen LogP contribution >= 0.6 is 0 Å². The fourth-order valence-corrected chi connectivity index (χ4v) is 5.01. The first-order valence-electron chi connectivity index (χ1n) is 8.84. The van der Waals surface area contributed by atoms with Crippen LogP contribution < -0.4 is 10.6 Å². The molecule has 0 saturated carbocycles. The van der Waals surface area contributed by atoms with Crippen LogP contribution in [0, 0.1) is 17.6 Å². The van der Waals surface area contributed by atoms with E-state index in [2.05, 4.69) is 10.6 Å². The molecule has 1 aromatic carbocycles. The van der Waals surface area contributed by atoms with Crippen molar-refractivity contribution in [2.24, 2.45) is 5.92 Å². The van der Waals surface area contributed by atoms with Gasteiger partial charge in [-0.25, -0.2) is 17.2 Å². The van der Waals surface area contributed by atoms with Crippen molar-refractivity contribution in [1.82, 2.24) is 14.9 Å². The molecule has 0 spiro atoms. The van der Waals surface area contributed by atoms with E-state index in [4.69, 9.17) is 0 Å². The van der Waals surface area contributed by atoms with E-state index in [0.29, 0.717) is 18.9 Å². The van der Waals surface area contributed by atoms with Crippen LogP contribution in [0.15, 0.2) is 23.1 Å². The number of halogens is 2. The van der Waals surface area contributed by atoms with Gasteiger partial charge in [-0.05, 0) is 50.4 Å². The first-order chi connectivity index (χ1) is 12.4. The van der Waals surface area contributed by atoms with Crippen LogP contribution in [-0.4, -0.2) is 50.9 Å². The molecular formula is C17H23F2N3O3S. The summed E-state index contributed by atoms with van der Waals surface area (Å²) in [6, 6.07) is 2.49. The van der Waals surface area contributed by atoms with Gasteiger partial charge in [-0.1, -0.05) is 0 Å². The van der Waals surface area contributed by atoms with E-state index < -0.39 is 26.6 Å². The van der Waals surface area contributed by atoms with Gasteiger partial charge in [0.1, 0.15) is 16.5 Å². The smallest absolute Gasteiger partial charge is 0.246 e. The highest BCUT2D eigenvalue weighted by molar-refractivity contribution is 7.89. The Balaban J connectivity index is 1.60. The third kappa shape index (κ3) is 4.21. The van der Waals surface area contributed by atoms with Crippen molar-refractivity contribution in [1.29, 1.82) is 0 Å². The highest BCUT2D eigenvalue weighted by Crippen LogP contribution is 2.26. The SMILES string of the molecule is O=C(N[C@H]1CCCNC1)C1CCN(S(=O)(=O)c2cc(F)ccc2F)CC1. The summed E-state index contributed by atoms with van der Waals surface area (Å²) in [6.07, 6.45) is 2.68. The maximum absolute atomic E-state index is 13.8. The van der Waals surface area contributed by atoms with E-state index in [1.807, 2.05) is 0 Å². The molecule has 26 heavy (non-hydrogen) atoms. The second-order valence-electron chi connectivity index (χ2n) is 6.80. The van der Waals surface area contributed by atoms with Gasteiger partial charge in [0.2, 0.25) is 15.9 Å². The topological polar surface area (TPSA) is 78.5 Å². The lowest BCUT2D eigenvalue weighted by Crippen LogP contribution is -2.49. The highest BCUT2D eigenvalue weighted by Gasteiger charge is 2.34. The summed E-state index contributed by atoms with van der Waals surface area (Å²) in [5.41, 5.74) is 0. The fraction of sp³-hybridized carbons (Fsp3) is 0.588. The summed E-state index contributed by atoms with van der Waals surface area (Å²) < 4.78 is 53.4. The van der Waals surface area contributed by atoms with Crippen LogP contribution in [0.4, 0.5) is 8.78 Å². The number of hydrogen-bond acceptors (Lipinski definition) is 4. The minimum absolute atomic E-state index is 0.0623. The Morgan fingerprint density at radius 1 is 1.19 bits per heavy atom. The van der Waals surface area contributed by atoms with Gasteiger partial charge >= 0.3 is 0 Å². The molecule has 2 fully saturated rings. The molecule has 2 N–H and O–H groups in total. The van der Waals surface area contributed by atoms with Gasteiger partial charge in [0.25, 0.3) is 0 Å². The molecule has 9 heteroatoms. The minimum atomic E-state index is -4.11. The van der Waals surface area contributed by atoms with Crippen molar-refractivity contribution in [3.63, 3.8) is 0 Å². The first kappa shape index (κ1) is 19.2. The molecule has 1 atom stereocenters. The zero-order chi connectivity index (χ0) is 18.7. The third-order valence-electron chi connectivity index (χ3n) is 4.98. The van der Waals surface area contributed by atoms with Gasteiger partial charge in [0.05, 0.1) is 0 Å². The van der Waals surface area contributed by atoms with Crippen LogP contribution in [0.3, 0.4) is 0 Å². The Bertz CT molecular complexity index is 759. The molecule has 2 aliphatic heterocycles. The number of piperidine rings is 2. The Labute approximate surface area is 152 Å². The highest BCUT2D eigenvalue weighted by atomic mass is 32.2. The number of benzene rings is 1. The van der Waals surface area contributed by atoms with Crippen molar-refractivity contribution in [2.75, 3.05) is 26.2 Å². The van der Waals surface area contributed by atoms with Crippen LogP contribution in [-0.2, 0) is 14.8 Å². The van der Waals surface area contributed by atoms with Crippen molar-refractivity contribution in [3.05, 3.63) is 29.8 Å². The number of amides is 1. The van der Waals surface area contributed by atoms with Crippen LogP contribution in [0.2, 0.25) is 0 Å². The normalized spacial score (nSPS) is 22.9. The van der Waals surface area contributed by atoms with Crippen LogP contribution in [0.5, 0.6) is 0 Å². The molecule has 0 aliphatic carbocycles. The van der Waals surface area contributed by atoms with Gasteiger partial charge in [0, 0.05) is 31.6 Å². The second kappa shape index (κ2) is 7.98. The van der Waals surface area contributed by atoms with Crippen molar-refractivity contribution in [2.45, 2.75) is 36.6 Å². The summed E-state index contributed by atoms with van der Waals surface area (Å²) in [6.45, 7) is 1.93. The lowest BCUT2D eigenvalue weighted by atomic mass is 9.96. The lowest BCUT2D eigenvalue weighted by molar-refractivity contribution is -0.126. The number of hydrogen-bond donors (Lipinski definition) is 2. The van der Waals surface area contributed by atoms with Gasteiger partial charge in [-0.15, -0.1) is 0 Å². The summed E-state index contributed by atoms with van der Waals surface area (Å²) in [5, 5.41) is 6.24. The zero-order valence-electron chi connectivity index (χ0n) is 14.4. The number of carbonyl (C=O) groups excluding carboxylic acids is 1. The molecule has 2 aliphatic rings. The van der Waals surface area contributed by atoms with Crippen molar-refractivity contribution in [3.8, 4) is 0 Å². The second-order valence-corrected chi connectivity index (χ2v) is 8.71. The Morgan fingerprint density at radius 2 is 1.92 bits per heavy atom. The quantitative estimate of drug-likeness (QED) is 0.815. The molecule has 1 amide bonds. The summed E-state index contributed by atoms with van der Waals surface area (Å²) in [4.78, 5) is 11.7. The largest absolute Gasteiger partial charge is 0.352 e. The average molecular weight is 387 g/mol. The monoisotopic (exact) mass is 387 g/mol. The number of sulfonamides is 1. The molecule has 0 bridgehead atoms. The summed E-state index contributed by atoms with van der Waals surface area (Å²) >= 11 is 0. The molecular weight excluding hydrogens is 364 g/mol. The lowest BCUT2D eigenvalue weighted by Gasteiger charge is -2.32. The Hall–Kier alpha value is -1.58. The fourth-order valence-electron chi connectivity index (χ4n) is 3.47. The summed E-state index contributed by atoms with van der Waals surface area (Å²) in [7, 11) is -4.11. The Kier molecular flexibility index (Phi) is 5.89. The molecule has 6 nitrogen and oxygen atoms in total. The van der Waals surface area contributed by atoms with Gasteiger partial charge in [-0.3, -0.25) is 4.79 Å². The predicted octanol–water partition coefficient (Wildman–Crippen LogP) is 1.23. The van der Waals surface area contributed by atoms with Gasteiger partial charge < -0.3 is 10.6 Å². The van der Waals surface area contributed by atoms with Crippen molar-refractivity contribution >= 4 is 15.9 Å². The van der Waals surface area contributed by atoms with Crippen molar-refractivity contribution < 1.29 is 22.0 Å². The van der Waals surface area contributed by atoms with E-state index in [0.717, 1.165) is 42.4 Å². The van der Waals surface area contributed by atoms with Gasteiger partial charge in [0.15, 0.2) is 0 Å². The van der Waals surface area contributed by atoms with Gasteiger partial charge in [-0.2, -0.15) is 4.31 Å². The van der Waals surface area contributed by atoms with E-state index in [-0.39, 0.29) is 31.0 Å². The minimum Gasteiger partial charge on any atom is -0.352 e. The summed E-state index contributed by atoms with van der Waals surface area (Å²) in [5.74, 6) is -2.11. The third-order valence-corrected chi connectivity index (χ3v) is 6.89. The number of nitrogens with zero attached hydrogens (tertiary/aromatic N) is 1. The average Bonchev–Trinajstić information content (AvgIpc) is 2.64. The number of rotatable bonds is 4. The maximum atomic E-state index is 13.8. The molecule has 3 rings (SSSR count). The first-order valence-corrected chi connectivity index (χ1v) is 10.3. The standard InChI is InChI=1S/C17H23F2N3O3S/c18-13-3-4-15(19)16(10-13)26(24,25)22-8-5-12(6-9-22)17(23)21-14-2-1-7-20-11-14/h3-4,10,12,14,20H,1-2,5-9,11H2,(H,21,23)/t14-/m0/s1. The molecule has 2 saturated heterocycles. The van der Waals surface area contributed by atoms with E-state index in [1.165, 1.54) is 0 Å². The van der Waals surface area contributed by atoms with Crippen LogP contribution in [0.1, 0.15) is 25.7 Å². The van der Waals surface area contributed by atoms with Crippen LogP contribution in [0.25, 0.3) is 0 Å². The number of nitrogens with one attached hydrogen (secondary N) is 2. The zero-order valence-corrected chi connectivity index (χ0v) is 15.2. The molecule has 0 unspecified atom stereocenters. The predicted molar refractivity (Wildman–Crippen MR) is 91.9 cm³/mol. The molecule has 0 aromatic heterocycles.